The summed E-state index contributed by atoms with van der Waals surface area (Å²) in [5, 5.41) is 11.8. The zero-order valence-corrected chi connectivity index (χ0v) is 6.10. The van der Waals surface area contributed by atoms with Crippen LogP contribution in [0.1, 0.15) is 6.92 Å². The van der Waals surface area contributed by atoms with Crippen LogP contribution < -0.4 is 0 Å². The van der Waals surface area contributed by atoms with E-state index < -0.39 is 12.1 Å². The molecular weight excluding hydrogens is 150 g/mol. The second kappa shape index (κ2) is 5.52. The molecule has 0 bridgehead atoms. The molecule has 0 aromatic heterocycles. The average Bonchev–Trinajstić information content (AvgIpc) is 2.00. The summed E-state index contributed by atoms with van der Waals surface area (Å²) < 4.78 is 4.43. The van der Waals surface area contributed by atoms with Gasteiger partial charge < -0.3 is 9.84 Å². The van der Waals surface area contributed by atoms with Crippen molar-refractivity contribution < 1.29 is 14.6 Å². The number of ether oxygens (including phenoxy) is 1. The highest BCUT2D eigenvalue weighted by molar-refractivity contribution is 5.74. The van der Waals surface area contributed by atoms with E-state index in [1.165, 1.54) is 0 Å². The molecule has 62 valence electrons. The summed E-state index contributed by atoms with van der Waals surface area (Å²) in [4.78, 5) is 13.0. The number of aliphatic hydroxyl groups excluding tert-OH is 1. The van der Waals surface area contributed by atoms with Crippen LogP contribution in [0.5, 0.6) is 0 Å². The molecule has 6 nitrogen and oxygen atoms in total. The number of esters is 1. The zero-order valence-electron chi connectivity index (χ0n) is 6.10. The number of rotatable bonds is 4. The largest absolute Gasteiger partial charge is 0.464 e. The van der Waals surface area contributed by atoms with Gasteiger partial charge in [0.25, 0.3) is 0 Å². The Bertz CT molecular complexity index is 176. The molecule has 0 aliphatic carbocycles. The molecule has 0 aromatic carbocycles. The minimum absolute atomic E-state index is 0.201. The number of azide groups is 1. The van der Waals surface area contributed by atoms with Crippen LogP contribution in [0, 0.1) is 0 Å². The van der Waals surface area contributed by atoms with Crippen LogP contribution in [-0.2, 0) is 9.53 Å². The third kappa shape index (κ3) is 4.19. The van der Waals surface area contributed by atoms with Gasteiger partial charge in [-0.1, -0.05) is 5.11 Å². The SMILES string of the molecule is CCOC(=O)[C@H](O)CN=[N+]=[N-]. The van der Waals surface area contributed by atoms with Crippen LogP contribution in [0.2, 0.25) is 0 Å². The van der Waals surface area contributed by atoms with E-state index >= 15 is 0 Å². The van der Waals surface area contributed by atoms with Gasteiger partial charge in [0.15, 0.2) is 6.10 Å². The van der Waals surface area contributed by atoms with Gasteiger partial charge in [-0.2, -0.15) is 0 Å². The maximum Gasteiger partial charge on any atom is 0.335 e. The molecule has 1 atom stereocenters. The number of nitrogens with zero attached hydrogens (tertiary/aromatic N) is 3. The zero-order chi connectivity index (χ0) is 8.69. The van der Waals surface area contributed by atoms with Crippen LogP contribution in [0.4, 0.5) is 0 Å². The molecule has 0 spiro atoms. The Balaban J connectivity index is 3.72. The highest BCUT2D eigenvalue weighted by Crippen LogP contribution is 1.89. The number of hydrogen-bond acceptors (Lipinski definition) is 4. The summed E-state index contributed by atoms with van der Waals surface area (Å²) >= 11 is 0. The summed E-state index contributed by atoms with van der Waals surface area (Å²) in [5.41, 5.74) is 7.82. The van der Waals surface area contributed by atoms with Crippen LogP contribution in [0.25, 0.3) is 10.4 Å². The molecule has 6 heteroatoms. The van der Waals surface area contributed by atoms with Crippen molar-refractivity contribution in [3.8, 4) is 0 Å². The quantitative estimate of drug-likeness (QED) is 0.275. The summed E-state index contributed by atoms with van der Waals surface area (Å²) in [5.74, 6) is -0.764. The summed E-state index contributed by atoms with van der Waals surface area (Å²) in [7, 11) is 0. The van der Waals surface area contributed by atoms with E-state index in [-0.39, 0.29) is 13.2 Å². The molecule has 0 aliphatic rings. The summed E-state index contributed by atoms with van der Waals surface area (Å²) in [6.07, 6.45) is -1.34. The van der Waals surface area contributed by atoms with Gasteiger partial charge in [0, 0.05) is 4.91 Å². The highest BCUT2D eigenvalue weighted by Gasteiger charge is 2.13. The fourth-order valence-corrected chi connectivity index (χ4v) is 0.427. The van der Waals surface area contributed by atoms with Gasteiger partial charge in [0.2, 0.25) is 0 Å². The molecule has 0 aromatic rings. The lowest BCUT2D eigenvalue weighted by atomic mass is 10.4. The van der Waals surface area contributed by atoms with E-state index in [0.717, 1.165) is 0 Å². The summed E-state index contributed by atoms with van der Waals surface area (Å²) in [6.45, 7) is 1.54. The summed E-state index contributed by atoms with van der Waals surface area (Å²) in [6, 6.07) is 0. The van der Waals surface area contributed by atoms with E-state index in [1.54, 1.807) is 6.92 Å². The fraction of sp³-hybridized carbons (Fsp3) is 0.800. The van der Waals surface area contributed by atoms with E-state index in [0.29, 0.717) is 0 Å². The molecule has 11 heavy (non-hydrogen) atoms. The number of aliphatic hydroxyl groups is 1. The van der Waals surface area contributed by atoms with Gasteiger partial charge in [-0.3, -0.25) is 0 Å². The first kappa shape index (κ1) is 9.74. The van der Waals surface area contributed by atoms with Gasteiger partial charge in [-0.25, -0.2) is 4.79 Å². The minimum atomic E-state index is -1.34. The molecule has 0 saturated heterocycles. The number of hydrogen-bond donors (Lipinski definition) is 1. The Kier molecular flexibility index (Phi) is 4.89. The Hall–Kier alpha value is -1.26. The second-order valence-corrected chi connectivity index (χ2v) is 1.68. The molecule has 0 fully saturated rings. The first-order chi connectivity index (χ1) is 5.22. The van der Waals surface area contributed by atoms with Crippen molar-refractivity contribution in [2.75, 3.05) is 13.2 Å². The minimum Gasteiger partial charge on any atom is -0.464 e. The van der Waals surface area contributed by atoms with Crippen LogP contribution in [0.15, 0.2) is 5.11 Å². The number of carbonyl (C=O) groups is 1. The van der Waals surface area contributed by atoms with Crippen LogP contribution in [0.3, 0.4) is 0 Å². The standard InChI is InChI=1S/C5H9N3O3/c1-2-11-5(10)4(9)3-7-8-6/h4,9H,2-3H2,1H3/t4-/m1/s1. The van der Waals surface area contributed by atoms with Gasteiger partial charge in [0.05, 0.1) is 13.2 Å². The monoisotopic (exact) mass is 159 g/mol. The smallest absolute Gasteiger partial charge is 0.335 e. The van der Waals surface area contributed by atoms with E-state index in [1.807, 2.05) is 0 Å². The lowest BCUT2D eigenvalue weighted by molar-refractivity contribution is -0.152. The molecule has 0 saturated carbocycles. The first-order valence-corrected chi connectivity index (χ1v) is 3.08. The third-order valence-corrected chi connectivity index (χ3v) is 0.877. The van der Waals surface area contributed by atoms with Crippen molar-refractivity contribution in [3.63, 3.8) is 0 Å². The Labute approximate surface area is 63.4 Å². The molecule has 0 radical (unpaired) electrons. The maximum atomic E-state index is 10.6. The predicted octanol–water partition coefficient (Wildman–Crippen LogP) is 0.221. The predicted molar refractivity (Wildman–Crippen MR) is 36.7 cm³/mol. The van der Waals surface area contributed by atoms with Crippen molar-refractivity contribution in [3.05, 3.63) is 10.4 Å². The van der Waals surface area contributed by atoms with E-state index in [9.17, 15) is 4.79 Å². The topological polar surface area (TPSA) is 95.3 Å². The highest BCUT2D eigenvalue weighted by atomic mass is 16.5. The van der Waals surface area contributed by atoms with Crippen LogP contribution in [-0.4, -0.2) is 30.3 Å². The van der Waals surface area contributed by atoms with Crippen molar-refractivity contribution in [1.82, 2.24) is 0 Å². The molecule has 0 aliphatic heterocycles. The Morgan fingerprint density at radius 3 is 3.00 bits per heavy atom. The van der Waals surface area contributed by atoms with Gasteiger partial charge in [-0.05, 0) is 12.5 Å². The van der Waals surface area contributed by atoms with Gasteiger partial charge in [0.1, 0.15) is 0 Å². The maximum absolute atomic E-state index is 10.6. The normalized spacial score (nSPS) is 11.5. The van der Waals surface area contributed by atoms with Crippen molar-refractivity contribution >= 4 is 5.97 Å². The van der Waals surface area contributed by atoms with Gasteiger partial charge >= 0.3 is 5.97 Å². The molecule has 0 amide bonds. The second-order valence-electron chi connectivity index (χ2n) is 1.68. The van der Waals surface area contributed by atoms with Crippen LogP contribution >= 0.6 is 0 Å². The first-order valence-electron chi connectivity index (χ1n) is 3.08. The molecule has 0 heterocycles. The lowest BCUT2D eigenvalue weighted by Crippen LogP contribution is -2.25. The third-order valence-electron chi connectivity index (χ3n) is 0.877. The number of carbonyl (C=O) groups excluding carboxylic acids is 1. The average molecular weight is 159 g/mol. The van der Waals surface area contributed by atoms with E-state index in [2.05, 4.69) is 14.8 Å². The molecular formula is C5H9N3O3. The van der Waals surface area contributed by atoms with Crippen molar-refractivity contribution in [2.24, 2.45) is 5.11 Å². The molecule has 1 N–H and O–H groups in total. The Morgan fingerprint density at radius 2 is 2.55 bits per heavy atom. The fourth-order valence-electron chi connectivity index (χ4n) is 0.427. The molecule has 0 unspecified atom stereocenters. The van der Waals surface area contributed by atoms with E-state index in [4.69, 9.17) is 10.6 Å². The lowest BCUT2D eigenvalue weighted by Gasteiger charge is -2.04. The van der Waals surface area contributed by atoms with Crippen molar-refractivity contribution in [1.29, 1.82) is 0 Å². The van der Waals surface area contributed by atoms with Gasteiger partial charge in [-0.15, -0.1) is 0 Å². The van der Waals surface area contributed by atoms with Crippen molar-refractivity contribution in [2.45, 2.75) is 13.0 Å². The Morgan fingerprint density at radius 1 is 1.91 bits per heavy atom. The molecule has 0 rings (SSSR count).